The van der Waals surface area contributed by atoms with Crippen molar-refractivity contribution in [2.75, 3.05) is 19.7 Å². The number of hydrogen-bond acceptors (Lipinski definition) is 4. The summed E-state index contributed by atoms with van der Waals surface area (Å²) in [6, 6.07) is 12.4. The topological polar surface area (TPSA) is 71.5 Å². The van der Waals surface area contributed by atoms with Gasteiger partial charge in [0, 0.05) is 31.4 Å². The van der Waals surface area contributed by atoms with Crippen LogP contribution in [0.5, 0.6) is 5.75 Å². The number of benzene rings is 1. The first-order valence-corrected chi connectivity index (χ1v) is 12.9. The molecular weight excluding hydrogens is 410 g/mol. The van der Waals surface area contributed by atoms with Crippen LogP contribution in [0, 0.1) is 11.8 Å². The molecule has 0 unspecified atom stereocenters. The molecule has 3 aliphatic rings. The second-order valence-corrected chi connectivity index (χ2v) is 10.9. The molecule has 2 bridgehead atoms. The number of nitrogens with one attached hydrogen (secondary N) is 1. The van der Waals surface area contributed by atoms with Crippen molar-refractivity contribution in [3.8, 4) is 5.75 Å². The summed E-state index contributed by atoms with van der Waals surface area (Å²) in [6.07, 6.45) is 7.44. The van der Waals surface area contributed by atoms with Crippen LogP contribution in [-0.2, 0) is 29.5 Å². The summed E-state index contributed by atoms with van der Waals surface area (Å²) >= 11 is 0. The first-order chi connectivity index (χ1) is 15.0. The van der Waals surface area contributed by atoms with Crippen molar-refractivity contribution in [2.24, 2.45) is 11.8 Å². The highest BCUT2D eigenvalue weighted by atomic mass is 32.2. The van der Waals surface area contributed by atoms with E-state index in [4.69, 9.17) is 4.74 Å². The predicted molar refractivity (Wildman–Crippen MR) is 120 cm³/mol. The van der Waals surface area contributed by atoms with Crippen LogP contribution in [0.3, 0.4) is 0 Å². The van der Waals surface area contributed by atoms with Crippen LogP contribution in [0.1, 0.15) is 43.0 Å². The minimum Gasteiger partial charge on any atom is -0.493 e. The average Bonchev–Trinajstić information content (AvgIpc) is 3.14. The van der Waals surface area contributed by atoms with Gasteiger partial charge in [0.2, 0.25) is 0 Å². The first kappa shape index (κ1) is 20.9. The van der Waals surface area contributed by atoms with Crippen LogP contribution in [0.2, 0.25) is 0 Å². The quantitative estimate of drug-likeness (QED) is 0.748. The van der Waals surface area contributed by atoms with Crippen molar-refractivity contribution in [3.05, 3.63) is 59.4 Å². The lowest BCUT2D eigenvalue weighted by atomic mass is 9.79. The molecule has 1 saturated heterocycles. The minimum absolute atomic E-state index is 0.326. The number of nitrogens with zero attached hydrogens (tertiary/aromatic N) is 2. The number of aromatic nitrogens is 1. The predicted octanol–water partition coefficient (Wildman–Crippen LogP) is 3.13. The summed E-state index contributed by atoms with van der Waals surface area (Å²) in [5, 5.41) is 0. The van der Waals surface area contributed by atoms with Crippen molar-refractivity contribution in [1.29, 1.82) is 0 Å². The van der Waals surface area contributed by atoms with Gasteiger partial charge in [-0.1, -0.05) is 19.1 Å². The lowest BCUT2D eigenvalue weighted by Gasteiger charge is -2.33. The maximum Gasteiger partial charge on any atom is 0.280 e. The Balaban J connectivity index is 1.33. The molecule has 0 amide bonds. The minimum atomic E-state index is -3.38. The summed E-state index contributed by atoms with van der Waals surface area (Å²) in [5.41, 5.74) is 3.36. The second kappa shape index (κ2) is 8.19. The maximum absolute atomic E-state index is 12.8. The molecule has 2 heterocycles. The van der Waals surface area contributed by atoms with Crippen molar-refractivity contribution in [2.45, 2.75) is 51.0 Å². The molecule has 0 radical (unpaired) electrons. The van der Waals surface area contributed by atoms with Gasteiger partial charge in [-0.3, -0.25) is 4.98 Å². The highest BCUT2D eigenvalue weighted by Gasteiger charge is 2.59. The van der Waals surface area contributed by atoms with Gasteiger partial charge in [0.15, 0.2) is 0 Å². The molecule has 1 aromatic carbocycles. The molecule has 1 N–H and O–H groups in total. The highest BCUT2D eigenvalue weighted by Crippen LogP contribution is 2.50. The molecule has 1 spiro atoms. The molecule has 2 aliphatic carbocycles. The van der Waals surface area contributed by atoms with E-state index in [9.17, 15) is 8.42 Å². The SMILES string of the molecule is CCCN1C[C@@]2(NS1(=O)=O)[C@@H]1CC[C@H]2Cc2cc(OCCc3ccccn3)ccc2C1. The van der Waals surface area contributed by atoms with E-state index in [1.165, 1.54) is 11.1 Å². The Hall–Kier alpha value is -1.96. The van der Waals surface area contributed by atoms with Gasteiger partial charge in [-0.15, -0.1) is 0 Å². The molecule has 2 fully saturated rings. The van der Waals surface area contributed by atoms with E-state index >= 15 is 0 Å². The largest absolute Gasteiger partial charge is 0.493 e. The highest BCUT2D eigenvalue weighted by molar-refractivity contribution is 7.87. The lowest BCUT2D eigenvalue weighted by Crippen LogP contribution is -2.52. The van der Waals surface area contributed by atoms with Crippen molar-refractivity contribution < 1.29 is 13.2 Å². The van der Waals surface area contributed by atoms with Crippen LogP contribution in [0.25, 0.3) is 0 Å². The fourth-order valence-electron chi connectivity index (χ4n) is 5.84. The van der Waals surface area contributed by atoms with Gasteiger partial charge in [-0.2, -0.15) is 17.4 Å². The van der Waals surface area contributed by atoms with Gasteiger partial charge >= 0.3 is 0 Å². The monoisotopic (exact) mass is 441 g/mol. The smallest absolute Gasteiger partial charge is 0.280 e. The number of rotatable bonds is 6. The maximum atomic E-state index is 12.8. The van der Waals surface area contributed by atoms with E-state index in [-0.39, 0.29) is 5.54 Å². The summed E-state index contributed by atoms with van der Waals surface area (Å²) in [7, 11) is -3.38. The van der Waals surface area contributed by atoms with E-state index in [1.54, 1.807) is 4.31 Å². The van der Waals surface area contributed by atoms with Crippen LogP contribution in [-0.4, -0.2) is 42.9 Å². The molecule has 7 heteroatoms. The molecule has 1 saturated carbocycles. The van der Waals surface area contributed by atoms with Gasteiger partial charge in [0.25, 0.3) is 10.2 Å². The molecule has 2 aromatic rings. The Morgan fingerprint density at radius 3 is 2.71 bits per heavy atom. The Labute approximate surface area is 185 Å². The Morgan fingerprint density at radius 2 is 1.97 bits per heavy atom. The van der Waals surface area contributed by atoms with Gasteiger partial charge in [0.1, 0.15) is 5.75 Å². The standard InChI is InChI=1S/C24H31N3O3S/c1-2-12-27-17-24(26-31(27,28)29)20-7-8-21(24)15-19-16-23(9-6-18(19)14-20)30-13-10-22-5-3-4-11-25-22/h3-6,9,11,16,20-21,26H,2,7-8,10,12-15,17H2,1H3/t20-,21+,24-/m1/s1. The van der Waals surface area contributed by atoms with Gasteiger partial charge < -0.3 is 4.74 Å². The third kappa shape index (κ3) is 3.88. The molecule has 5 rings (SSSR count). The summed E-state index contributed by atoms with van der Waals surface area (Å²) in [4.78, 5) is 4.35. The average molecular weight is 442 g/mol. The van der Waals surface area contributed by atoms with E-state index in [0.717, 1.165) is 50.0 Å². The summed E-state index contributed by atoms with van der Waals surface area (Å²) in [6.45, 7) is 3.84. The number of hydrogen-bond donors (Lipinski definition) is 1. The number of fused-ring (bicyclic) bond motifs is 1. The van der Waals surface area contributed by atoms with Crippen LogP contribution in [0.15, 0.2) is 42.6 Å². The zero-order valence-electron chi connectivity index (χ0n) is 18.1. The Bertz CT molecular complexity index is 1040. The van der Waals surface area contributed by atoms with Crippen molar-refractivity contribution in [3.63, 3.8) is 0 Å². The van der Waals surface area contributed by atoms with Crippen LogP contribution < -0.4 is 9.46 Å². The molecular formula is C24H31N3O3S. The number of ether oxygens (including phenoxy) is 1. The zero-order chi connectivity index (χ0) is 21.5. The Kier molecular flexibility index (Phi) is 5.52. The first-order valence-electron chi connectivity index (χ1n) is 11.4. The normalized spacial score (nSPS) is 29.1. The van der Waals surface area contributed by atoms with Crippen LogP contribution >= 0.6 is 0 Å². The molecule has 166 valence electrons. The Morgan fingerprint density at radius 1 is 1.16 bits per heavy atom. The van der Waals surface area contributed by atoms with Crippen molar-refractivity contribution >= 4 is 10.2 Å². The van der Waals surface area contributed by atoms with Gasteiger partial charge in [-0.05, 0) is 79.3 Å². The third-order valence-corrected chi connectivity index (χ3v) is 8.98. The lowest BCUT2D eigenvalue weighted by molar-refractivity contribution is 0.213. The number of pyridine rings is 1. The molecule has 31 heavy (non-hydrogen) atoms. The van der Waals surface area contributed by atoms with Crippen molar-refractivity contribution in [1.82, 2.24) is 14.0 Å². The van der Waals surface area contributed by atoms with E-state index in [1.807, 2.05) is 31.3 Å². The van der Waals surface area contributed by atoms with Crippen LogP contribution in [0.4, 0.5) is 0 Å². The summed E-state index contributed by atoms with van der Waals surface area (Å²) in [5.74, 6) is 1.58. The zero-order valence-corrected chi connectivity index (χ0v) is 18.9. The van der Waals surface area contributed by atoms with E-state index in [2.05, 4.69) is 27.9 Å². The molecule has 3 atom stereocenters. The summed E-state index contributed by atoms with van der Waals surface area (Å²) < 4.78 is 36.5. The van der Waals surface area contributed by atoms with Gasteiger partial charge in [-0.25, -0.2) is 0 Å². The molecule has 6 nitrogen and oxygen atoms in total. The molecule has 1 aromatic heterocycles. The van der Waals surface area contributed by atoms with Gasteiger partial charge in [0.05, 0.1) is 12.1 Å². The second-order valence-electron chi connectivity index (χ2n) is 9.21. The molecule has 1 aliphatic heterocycles. The fraction of sp³-hybridized carbons (Fsp3) is 0.542. The fourth-order valence-corrected chi connectivity index (χ4v) is 7.65. The van der Waals surface area contributed by atoms with E-state index < -0.39 is 10.2 Å². The van der Waals surface area contributed by atoms with E-state index in [0.29, 0.717) is 31.5 Å². The third-order valence-electron chi connectivity index (χ3n) is 7.35.